The highest BCUT2D eigenvalue weighted by Crippen LogP contribution is 2.25. The Labute approximate surface area is 76.9 Å². The molecule has 1 rings (SSSR count). The minimum atomic E-state index is 0.681. The van der Waals surface area contributed by atoms with Crippen molar-refractivity contribution in [2.24, 2.45) is 11.8 Å². The smallest absolute Gasteiger partial charge is 0.00722 e. The molecule has 1 aliphatic rings. The molecular weight excluding hydrogens is 146 g/mol. The van der Waals surface area contributed by atoms with Gasteiger partial charge in [0.1, 0.15) is 0 Å². The lowest BCUT2D eigenvalue weighted by Crippen LogP contribution is -2.38. The Morgan fingerprint density at radius 3 is 2.25 bits per heavy atom. The van der Waals surface area contributed by atoms with Crippen molar-refractivity contribution in [1.29, 1.82) is 0 Å². The van der Waals surface area contributed by atoms with Gasteiger partial charge in [-0.15, -0.1) is 0 Å². The van der Waals surface area contributed by atoms with E-state index < -0.39 is 0 Å². The molecule has 0 aliphatic heterocycles. The van der Waals surface area contributed by atoms with Crippen molar-refractivity contribution in [3.05, 3.63) is 0 Å². The quantitative estimate of drug-likeness (QED) is 0.685. The van der Waals surface area contributed by atoms with E-state index in [1.165, 1.54) is 19.3 Å². The van der Waals surface area contributed by atoms with Crippen LogP contribution in [0.15, 0.2) is 0 Å². The van der Waals surface area contributed by atoms with Crippen LogP contribution in [0.25, 0.3) is 0 Å². The highest BCUT2D eigenvalue weighted by molar-refractivity contribution is 4.81. The van der Waals surface area contributed by atoms with E-state index in [-0.39, 0.29) is 0 Å². The summed E-state index contributed by atoms with van der Waals surface area (Å²) in [5, 5.41) is 3.71. The van der Waals surface area contributed by atoms with Gasteiger partial charge in [0.05, 0.1) is 0 Å². The van der Waals surface area contributed by atoms with Crippen LogP contribution in [0.1, 0.15) is 47.0 Å². The van der Waals surface area contributed by atoms with Crippen molar-refractivity contribution in [1.82, 2.24) is 5.32 Å². The lowest BCUT2D eigenvalue weighted by molar-refractivity contribution is 0.369. The first kappa shape index (κ1) is 10.0. The molecule has 12 heavy (non-hydrogen) atoms. The van der Waals surface area contributed by atoms with Gasteiger partial charge in [-0.25, -0.2) is 0 Å². The van der Waals surface area contributed by atoms with E-state index in [1.807, 2.05) is 0 Å². The molecule has 1 N–H and O–H groups in total. The molecule has 1 fully saturated rings. The van der Waals surface area contributed by atoms with E-state index >= 15 is 0 Å². The third kappa shape index (κ3) is 2.78. The summed E-state index contributed by atoms with van der Waals surface area (Å²) in [5.74, 6) is 1.71. The van der Waals surface area contributed by atoms with Crippen LogP contribution in [0.3, 0.4) is 0 Å². The minimum Gasteiger partial charge on any atom is -0.311 e. The van der Waals surface area contributed by atoms with Crippen LogP contribution in [-0.2, 0) is 0 Å². The van der Waals surface area contributed by atoms with Crippen molar-refractivity contribution in [2.45, 2.75) is 59.0 Å². The summed E-state index contributed by atoms with van der Waals surface area (Å²) >= 11 is 0. The van der Waals surface area contributed by atoms with Gasteiger partial charge < -0.3 is 5.32 Å². The molecule has 3 atom stereocenters. The number of nitrogens with one attached hydrogen (secondary N) is 1. The molecule has 72 valence electrons. The van der Waals surface area contributed by atoms with Gasteiger partial charge in [-0.1, -0.05) is 20.8 Å². The van der Waals surface area contributed by atoms with Gasteiger partial charge in [-0.3, -0.25) is 0 Å². The van der Waals surface area contributed by atoms with E-state index in [0.29, 0.717) is 6.04 Å². The molecule has 0 bridgehead atoms. The van der Waals surface area contributed by atoms with Crippen molar-refractivity contribution < 1.29 is 0 Å². The van der Waals surface area contributed by atoms with E-state index in [2.05, 4.69) is 33.0 Å². The molecule has 1 nitrogen and oxygen atoms in total. The summed E-state index contributed by atoms with van der Waals surface area (Å²) in [4.78, 5) is 0. The Balaban J connectivity index is 2.23. The van der Waals surface area contributed by atoms with Gasteiger partial charge in [-0.2, -0.15) is 0 Å². The second-order valence-electron chi connectivity index (χ2n) is 4.81. The lowest BCUT2D eigenvalue weighted by atomic mass is 10.0. The molecular formula is C11H23N. The fourth-order valence-corrected chi connectivity index (χ4v) is 1.92. The molecule has 1 aliphatic carbocycles. The first-order valence-electron chi connectivity index (χ1n) is 5.35. The highest BCUT2D eigenvalue weighted by atomic mass is 15.0. The molecule has 0 saturated heterocycles. The van der Waals surface area contributed by atoms with Crippen molar-refractivity contribution in [3.8, 4) is 0 Å². The van der Waals surface area contributed by atoms with Crippen molar-refractivity contribution in [3.63, 3.8) is 0 Å². The van der Waals surface area contributed by atoms with Crippen LogP contribution in [-0.4, -0.2) is 12.1 Å². The van der Waals surface area contributed by atoms with Crippen LogP contribution >= 0.6 is 0 Å². The average molecular weight is 169 g/mol. The van der Waals surface area contributed by atoms with Crippen LogP contribution in [0, 0.1) is 11.8 Å². The Morgan fingerprint density at radius 2 is 1.83 bits per heavy atom. The molecule has 0 heterocycles. The van der Waals surface area contributed by atoms with Gasteiger partial charge in [-0.05, 0) is 38.0 Å². The van der Waals surface area contributed by atoms with Gasteiger partial charge in [0, 0.05) is 12.1 Å². The van der Waals surface area contributed by atoms with E-state index in [1.54, 1.807) is 0 Å². The maximum atomic E-state index is 3.71. The maximum Gasteiger partial charge on any atom is 0.00722 e. The fraction of sp³-hybridized carbons (Fsp3) is 1.00. The largest absolute Gasteiger partial charge is 0.311 e. The topological polar surface area (TPSA) is 12.0 Å². The molecule has 0 unspecified atom stereocenters. The van der Waals surface area contributed by atoms with Gasteiger partial charge in [0.2, 0.25) is 0 Å². The van der Waals surface area contributed by atoms with Gasteiger partial charge in [0.15, 0.2) is 0 Å². The molecule has 0 radical (unpaired) electrons. The number of hydrogen-bond acceptors (Lipinski definition) is 1. The molecule has 0 aromatic rings. The normalized spacial score (nSPS) is 32.8. The first-order valence-corrected chi connectivity index (χ1v) is 5.35. The van der Waals surface area contributed by atoms with Crippen molar-refractivity contribution in [2.75, 3.05) is 0 Å². The molecule has 0 aromatic heterocycles. The third-order valence-electron chi connectivity index (χ3n) is 3.19. The van der Waals surface area contributed by atoms with E-state index in [9.17, 15) is 0 Å². The summed E-state index contributed by atoms with van der Waals surface area (Å²) in [5.41, 5.74) is 0. The summed E-state index contributed by atoms with van der Waals surface area (Å²) in [6.07, 6.45) is 4.19. The minimum absolute atomic E-state index is 0.681. The Bertz CT molecular complexity index is 131. The first-order chi connectivity index (χ1) is 5.59. The average Bonchev–Trinajstić information content (AvgIpc) is 2.35. The molecule has 0 amide bonds. The second kappa shape index (κ2) is 4.27. The number of hydrogen-bond donors (Lipinski definition) is 1. The maximum absolute atomic E-state index is 3.71. The van der Waals surface area contributed by atoms with E-state index in [0.717, 1.165) is 17.9 Å². The zero-order chi connectivity index (χ0) is 9.14. The third-order valence-corrected chi connectivity index (χ3v) is 3.19. The van der Waals surface area contributed by atoms with Crippen LogP contribution in [0.5, 0.6) is 0 Å². The van der Waals surface area contributed by atoms with Crippen LogP contribution < -0.4 is 5.32 Å². The Hall–Kier alpha value is -0.0400. The Morgan fingerprint density at radius 1 is 1.17 bits per heavy atom. The summed E-state index contributed by atoms with van der Waals surface area (Å²) in [6.45, 7) is 9.24. The lowest BCUT2D eigenvalue weighted by Gasteiger charge is -2.22. The summed E-state index contributed by atoms with van der Waals surface area (Å²) in [6, 6.07) is 1.48. The predicted octanol–water partition coefficient (Wildman–Crippen LogP) is 2.81. The SMILES string of the molecule is CC(C)[C@H](C)N[C@H]1CC[C@H](C)C1. The van der Waals surface area contributed by atoms with Gasteiger partial charge in [0.25, 0.3) is 0 Å². The van der Waals surface area contributed by atoms with Crippen LogP contribution in [0.2, 0.25) is 0 Å². The van der Waals surface area contributed by atoms with Gasteiger partial charge >= 0.3 is 0 Å². The zero-order valence-electron chi connectivity index (χ0n) is 8.93. The molecule has 1 saturated carbocycles. The summed E-state index contributed by atoms with van der Waals surface area (Å²) in [7, 11) is 0. The molecule has 1 heteroatoms. The molecule has 0 spiro atoms. The van der Waals surface area contributed by atoms with Crippen molar-refractivity contribution >= 4 is 0 Å². The Kier molecular flexibility index (Phi) is 3.57. The monoisotopic (exact) mass is 169 g/mol. The highest BCUT2D eigenvalue weighted by Gasteiger charge is 2.22. The number of rotatable bonds is 3. The fourth-order valence-electron chi connectivity index (χ4n) is 1.92. The van der Waals surface area contributed by atoms with E-state index in [4.69, 9.17) is 0 Å². The molecule has 0 aromatic carbocycles. The van der Waals surface area contributed by atoms with Crippen LogP contribution in [0.4, 0.5) is 0 Å². The standard InChI is InChI=1S/C11H23N/c1-8(2)10(4)12-11-6-5-9(3)7-11/h8-12H,5-7H2,1-4H3/t9-,10-,11-/m0/s1. The zero-order valence-corrected chi connectivity index (χ0v) is 8.93. The summed E-state index contributed by atoms with van der Waals surface area (Å²) < 4.78 is 0. The predicted molar refractivity (Wildman–Crippen MR) is 54.2 cm³/mol. The second-order valence-corrected chi connectivity index (χ2v) is 4.81.